The number of imidazole rings is 1. The Labute approximate surface area is 127 Å². The van der Waals surface area contributed by atoms with Crippen LogP contribution in [0.5, 0.6) is 0 Å². The third-order valence-corrected chi connectivity index (χ3v) is 3.65. The first-order chi connectivity index (χ1) is 9.56. The van der Waals surface area contributed by atoms with Gasteiger partial charge in [0, 0.05) is 16.2 Å². The van der Waals surface area contributed by atoms with E-state index in [1.54, 1.807) is 18.3 Å². The van der Waals surface area contributed by atoms with E-state index in [9.17, 15) is 9.90 Å². The topological polar surface area (TPSA) is 54.6 Å². The molecule has 0 aliphatic rings. The molecule has 0 bridgehead atoms. The van der Waals surface area contributed by atoms with Gasteiger partial charge in [-0.25, -0.2) is 9.78 Å². The van der Waals surface area contributed by atoms with Gasteiger partial charge in [0.2, 0.25) is 0 Å². The van der Waals surface area contributed by atoms with Gasteiger partial charge in [-0.2, -0.15) is 0 Å². The van der Waals surface area contributed by atoms with Crippen molar-refractivity contribution >= 4 is 39.1 Å². The molecule has 0 aliphatic carbocycles. The molecule has 0 spiro atoms. The summed E-state index contributed by atoms with van der Waals surface area (Å²) in [5, 5.41) is 9.90. The Morgan fingerprint density at radius 3 is 2.55 bits per heavy atom. The third kappa shape index (κ3) is 2.19. The lowest BCUT2D eigenvalue weighted by Gasteiger charge is -2.01. The molecule has 0 amide bonds. The van der Waals surface area contributed by atoms with E-state index in [0.29, 0.717) is 16.4 Å². The summed E-state index contributed by atoms with van der Waals surface area (Å²) in [5.41, 5.74) is 1.81. The van der Waals surface area contributed by atoms with Crippen LogP contribution in [0.25, 0.3) is 16.9 Å². The van der Waals surface area contributed by atoms with Gasteiger partial charge in [0.25, 0.3) is 0 Å². The summed E-state index contributed by atoms with van der Waals surface area (Å²) in [6.45, 7) is 0. The summed E-state index contributed by atoms with van der Waals surface area (Å²) < 4.78 is 2.41. The van der Waals surface area contributed by atoms with Gasteiger partial charge in [-0.3, -0.25) is 4.40 Å². The second-order valence-corrected chi connectivity index (χ2v) is 5.55. The van der Waals surface area contributed by atoms with Gasteiger partial charge in [0.15, 0.2) is 5.69 Å². The number of aromatic carboxylic acids is 1. The highest BCUT2D eigenvalue weighted by atomic mass is 79.9. The van der Waals surface area contributed by atoms with Crippen molar-refractivity contribution in [2.24, 2.45) is 0 Å². The van der Waals surface area contributed by atoms with Crippen molar-refractivity contribution in [3.63, 3.8) is 0 Å². The van der Waals surface area contributed by atoms with Crippen molar-refractivity contribution in [3.05, 3.63) is 57.8 Å². The van der Waals surface area contributed by atoms with Crippen LogP contribution >= 0.6 is 27.5 Å². The minimum atomic E-state index is -1.04. The molecular formula is C14H8BrClN2O2. The van der Waals surface area contributed by atoms with E-state index in [4.69, 9.17) is 11.6 Å². The molecule has 100 valence electrons. The molecule has 0 radical (unpaired) electrons. The first-order valence-corrected chi connectivity index (χ1v) is 6.90. The summed E-state index contributed by atoms with van der Waals surface area (Å²) >= 11 is 9.27. The number of carboxylic acid groups (broad SMARTS) is 1. The molecule has 1 N–H and O–H groups in total. The zero-order valence-corrected chi connectivity index (χ0v) is 12.4. The summed E-state index contributed by atoms with van der Waals surface area (Å²) in [7, 11) is 0. The van der Waals surface area contributed by atoms with E-state index < -0.39 is 5.97 Å². The SMILES string of the molecule is O=C(O)c1c(-c2ccc(Br)cc2)nc2ccc(Cl)cn12. The number of carbonyl (C=O) groups is 1. The molecule has 0 aliphatic heterocycles. The smallest absolute Gasteiger partial charge is 0.355 e. The quantitative estimate of drug-likeness (QED) is 0.756. The number of aromatic nitrogens is 2. The number of halogens is 2. The predicted molar refractivity (Wildman–Crippen MR) is 80.3 cm³/mol. The monoisotopic (exact) mass is 350 g/mol. The van der Waals surface area contributed by atoms with Crippen LogP contribution < -0.4 is 0 Å². The molecule has 4 nitrogen and oxygen atoms in total. The van der Waals surface area contributed by atoms with Crippen LogP contribution in [0.15, 0.2) is 47.1 Å². The number of fused-ring (bicyclic) bond motifs is 1. The number of benzene rings is 1. The van der Waals surface area contributed by atoms with Gasteiger partial charge in [0.05, 0.1) is 5.02 Å². The average molecular weight is 352 g/mol. The number of hydrogen-bond acceptors (Lipinski definition) is 2. The standard InChI is InChI=1S/C14H8BrClN2O2/c15-9-3-1-8(2-4-9)12-13(14(19)20)18-7-10(16)5-6-11(18)17-12/h1-7H,(H,19,20). The van der Waals surface area contributed by atoms with Crippen molar-refractivity contribution in [2.45, 2.75) is 0 Å². The fourth-order valence-electron chi connectivity index (χ4n) is 2.03. The van der Waals surface area contributed by atoms with Crippen LogP contribution in [0, 0.1) is 0 Å². The van der Waals surface area contributed by atoms with Crippen molar-refractivity contribution in [1.82, 2.24) is 9.38 Å². The molecule has 2 aromatic heterocycles. The Morgan fingerprint density at radius 1 is 1.20 bits per heavy atom. The molecule has 3 rings (SSSR count). The first-order valence-electron chi connectivity index (χ1n) is 5.73. The van der Waals surface area contributed by atoms with Gasteiger partial charge in [-0.15, -0.1) is 0 Å². The third-order valence-electron chi connectivity index (χ3n) is 2.90. The van der Waals surface area contributed by atoms with Crippen LogP contribution in [0.4, 0.5) is 0 Å². The van der Waals surface area contributed by atoms with Gasteiger partial charge in [-0.1, -0.05) is 39.7 Å². The molecule has 20 heavy (non-hydrogen) atoms. The van der Waals surface area contributed by atoms with Gasteiger partial charge in [0.1, 0.15) is 11.3 Å². The zero-order valence-electron chi connectivity index (χ0n) is 10.0. The van der Waals surface area contributed by atoms with Crippen molar-refractivity contribution in [3.8, 4) is 11.3 Å². The zero-order chi connectivity index (χ0) is 14.3. The minimum absolute atomic E-state index is 0.102. The lowest BCUT2D eigenvalue weighted by Crippen LogP contribution is -2.03. The molecule has 3 aromatic rings. The van der Waals surface area contributed by atoms with Crippen LogP contribution in [-0.4, -0.2) is 20.5 Å². The van der Waals surface area contributed by atoms with E-state index in [2.05, 4.69) is 20.9 Å². The van der Waals surface area contributed by atoms with Crippen LogP contribution in [0.1, 0.15) is 10.5 Å². The number of pyridine rings is 1. The number of hydrogen-bond donors (Lipinski definition) is 1. The van der Waals surface area contributed by atoms with E-state index in [1.165, 1.54) is 4.40 Å². The van der Waals surface area contributed by atoms with E-state index in [-0.39, 0.29) is 5.69 Å². The second-order valence-electron chi connectivity index (χ2n) is 4.20. The molecule has 6 heteroatoms. The fraction of sp³-hybridized carbons (Fsp3) is 0. The molecule has 0 fully saturated rings. The van der Waals surface area contributed by atoms with E-state index >= 15 is 0 Å². The van der Waals surface area contributed by atoms with Crippen LogP contribution in [0.2, 0.25) is 5.02 Å². The molecule has 1 aromatic carbocycles. The maximum atomic E-state index is 11.5. The van der Waals surface area contributed by atoms with E-state index in [1.807, 2.05) is 24.3 Å². The van der Waals surface area contributed by atoms with Gasteiger partial charge in [-0.05, 0) is 24.3 Å². The molecule has 0 unspecified atom stereocenters. The number of nitrogens with zero attached hydrogens (tertiary/aromatic N) is 2. The fourth-order valence-corrected chi connectivity index (χ4v) is 2.46. The van der Waals surface area contributed by atoms with Gasteiger partial charge < -0.3 is 5.11 Å². The highest BCUT2D eigenvalue weighted by Crippen LogP contribution is 2.27. The molecular weight excluding hydrogens is 344 g/mol. The highest BCUT2D eigenvalue weighted by molar-refractivity contribution is 9.10. The Morgan fingerprint density at radius 2 is 1.90 bits per heavy atom. The molecule has 2 heterocycles. The molecule has 0 atom stereocenters. The lowest BCUT2D eigenvalue weighted by atomic mass is 10.1. The Kier molecular flexibility index (Phi) is 3.23. The normalized spacial score (nSPS) is 10.9. The Balaban J connectivity index is 2.32. The first kappa shape index (κ1) is 13.1. The predicted octanol–water partition coefficient (Wildman–Crippen LogP) is 4.12. The summed E-state index contributed by atoms with van der Waals surface area (Å²) in [6, 6.07) is 10.7. The Bertz CT molecular complexity index is 812. The average Bonchev–Trinajstić information content (AvgIpc) is 2.78. The molecule has 0 saturated heterocycles. The summed E-state index contributed by atoms with van der Waals surface area (Å²) in [6.07, 6.45) is 1.55. The largest absolute Gasteiger partial charge is 0.476 e. The van der Waals surface area contributed by atoms with Crippen molar-refractivity contribution in [2.75, 3.05) is 0 Å². The Hall–Kier alpha value is -1.85. The summed E-state index contributed by atoms with van der Waals surface area (Å²) in [5.74, 6) is -1.04. The second kappa shape index (κ2) is 4.92. The van der Waals surface area contributed by atoms with E-state index in [0.717, 1.165) is 10.0 Å². The number of carboxylic acids is 1. The summed E-state index contributed by atoms with van der Waals surface area (Å²) in [4.78, 5) is 15.9. The number of rotatable bonds is 2. The van der Waals surface area contributed by atoms with Crippen molar-refractivity contribution < 1.29 is 9.90 Å². The van der Waals surface area contributed by atoms with Crippen molar-refractivity contribution in [1.29, 1.82) is 0 Å². The molecule has 0 saturated carbocycles. The maximum Gasteiger partial charge on any atom is 0.355 e. The minimum Gasteiger partial charge on any atom is -0.476 e. The van der Waals surface area contributed by atoms with Gasteiger partial charge >= 0.3 is 5.97 Å². The van der Waals surface area contributed by atoms with Crippen LogP contribution in [0.3, 0.4) is 0 Å². The van der Waals surface area contributed by atoms with Crippen LogP contribution in [-0.2, 0) is 0 Å². The highest BCUT2D eigenvalue weighted by Gasteiger charge is 2.19. The maximum absolute atomic E-state index is 11.5. The lowest BCUT2D eigenvalue weighted by molar-refractivity contribution is 0.0690.